The summed E-state index contributed by atoms with van der Waals surface area (Å²) in [6, 6.07) is 25.0. The Morgan fingerprint density at radius 1 is 0.926 bits per heavy atom. The van der Waals surface area contributed by atoms with E-state index in [0.29, 0.717) is 5.82 Å². The quantitative estimate of drug-likeness (QED) is 0.481. The van der Waals surface area contributed by atoms with E-state index < -0.39 is 0 Å². The van der Waals surface area contributed by atoms with E-state index in [4.69, 9.17) is 4.74 Å². The topological polar surface area (TPSA) is 44.1 Å². The molecule has 1 heterocycles. The van der Waals surface area contributed by atoms with Crippen LogP contribution in [0.25, 0.3) is 28.5 Å². The van der Waals surface area contributed by atoms with Crippen LogP contribution in [-0.4, -0.2) is 22.6 Å². The molecule has 0 aliphatic rings. The number of rotatable bonds is 4. The van der Waals surface area contributed by atoms with Gasteiger partial charge in [-0.3, -0.25) is 9.36 Å². The molecule has 0 aliphatic heterocycles. The van der Waals surface area contributed by atoms with Gasteiger partial charge in [-0.15, -0.1) is 0 Å². The van der Waals surface area contributed by atoms with Crippen molar-refractivity contribution in [3.63, 3.8) is 0 Å². The maximum atomic E-state index is 13.0. The lowest BCUT2D eigenvalue weighted by atomic mass is 10.2. The number of fused-ring (bicyclic) bond motifs is 1. The van der Waals surface area contributed by atoms with Gasteiger partial charge in [0, 0.05) is 11.6 Å². The van der Waals surface area contributed by atoms with E-state index in [1.54, 1.807) is 23.8 Å². The molecule has 4 nitrogen and oxygen atoms in total. The average molecular weight is 354 g/mol. The third-order valence-electron chi connectivity index (χ3n) is 4.35. The number of nitrogens with zero attached hydrogens (tertiary/aromatic N) is 2. The maximum Gasteiger partial charge on any atom is 0.256 e. The van der Waals surface area contributed by atoms with Crippen molar-refractivity contribution in [2.24, 2.45) is 0 Å². The first-order chi connectivity index (χ1) is 13.3. The maximum absolute atomic E-state index is 13.0. The van der Waals surface area contributed by atoms with Crippen molar-refractivity contribution < 1.29 is 9.53 Å². The van der Waals surface area contributed by atoms with E-state index in [9.17, 15) is 4.79 Å². The molecule has 3 aromatic carbocycles. The summed E-state index contributed by atoms with van der Waals surface area (Å²) >= 11 is 0. The third-order valence-corrected chi connectivity index (χ3v) is 4.35. The Bertz CT molecular complexity index is 1110. The molecule has 0 fully saturated rings. The van der Waals surface area contributed by atoms with Gasteiger partial charge in [-0.25, -0.2) is 4.98 Å². The number of hydrogen-bond donors (Lipinski definition) is 0. The summed E-state index contributed by atoms with van der Waals surface area (Å²) in [5.74, 6) is 1.28. The van der Waals surface area contributed by atoms with Crippen LogP contribution >= 0.6 is 0 Å². The first kappa shape index (κ1) is 16.8. The fourth-order valence-corrected chi connectivity index (χ4v) is 2.99. The Morgan fingerprint density at radius 2 is 1.63 bits per heavy atom. The van der Waals surface area contributed by atoms with Crippen molar-refractivity contribution in [2.75, 3.05) is 7.11 Å². The van der Waals surface area contributed by atoms with Crippen molar-refractivity contribution in [3.8, 4) is 17.1 Å². The lowest BCUT2D eigenvalue weighted by Gasteiger charge is -2.05. The van der Waals surface area contributed by atoms with Crippen LogP contribution in [0.15, 0.2) is 84.9 Å². The zero-order valence-corrected chi connectivity index (χ0v) is 14.9. The fraction of sp³-hybridized carbons (Fsp3) is 0.0435. The molecule has 0 bridgehead atoms. The highest BCUT2D eigenvalue weighted by atomic mass is 16.5. The molecular weight excluding hydrogens is 336 g/mol. The van der Waals surface area contributed by atoms with Crippen molar-refractivity contribution in [3.05, 3.63) is 90.5 Å². The summed E-state index contributed by atoms with van der Waals surface area (Å²) in [7, 11) is 1.63. The monoisotopic (exact) mass is 354 g/mol. The molecule has 4 aromatic rings. The van der Waals surface area contributed by atoms with Crippen LogP contribution in [0.1, 0.15) is 10.4 Å². The number of ether oxygens (including phenoxy) is 1. The van der Waals surface area contributed by atoms with Gasteiger partial charge in [0.15, 0.2) is 0 Å². The van der Waals surface area contributed by atoms with Crippen LogP contribution in [0.3, 0.4) is 0 Å². The zero-order chi connectivity index (χ0) is 18.6. The number of allylic oxidation sites excluding steroid dienone is 1. The molecule has 4 heteroatoms. The smallest absolute Gasteiger partial charge is 0.256 e. The Hall–Kier alpha value is -3.66. The van der Waals surface area contributed by atoms with E-state index in [1.165, 1.54) is 0 Å². The van der Waals surface area contributed by atoms with E-state index in [0.717, 1.165) is 27.9 Å². The predicted octanol–water partition coefficient (Wildman–Crippen LogP) is 5.07. The number of methoxy groups -OCH3 is 1. The van der Waals surface area contributed by atoms with Gasteiger partial charge >= 0.3 is 0 Å². The van der Waals surface area contributed by atoms with Crippen LogP contribution in [-0.2, 0) is 0 Å². The number of carbonyl (C=O) groups excluding carboxylic acids is 1. The summed E-state index contributed by atoms with van der Waals surface area (Å²) in [6.45, 7) is 0. The molecule has 132 valence electrons. The number of para-hydroxylation sites is 2. The van der Waals surface area contributed by atoms with Crippen LogP contribution in [0.5, 0.6) is 5.75 Å². The lowest BCUT2D eigenvalue weighted by Crippen LogP contribution is -2.09. The molecule has 0 aliphatic carbocycles. The molecule has 0 atom stereocenters. The molecule has 0 unspecified atom stereocenters. The van der Waals surface area contributed by atoms with Gasteiger partial charge in [-0.05, 0) is 35.9 Å². The van der Waals surface area contributed by atoms with E-state index in [1.807, 2.05) is 78.9 Å². The molecule has 4 rings (SSSR count). The normalized spacial score (nSPS) is 11.1. The minimum atomic E-state index is -0.140. The highest BCUT2D eigenvalue weighted by Gasteiger charge is 2.16. The van der Waals surface area contributed by atoms with Gasteiger partial charge in [-0.1, -0.05) is 54.6 Å². The van der Waals surface area contributed by atoms with Crippen LogP contribution in [0.2, 0.25) is 0 Å². The Labute approximate surface area is 157 Å². The van der Waals surface area contributed by atoms with E-state index in [-0.39, 0.29) is 5.91 Å². The van der Waals surface area contributed by atoms with Crippen molar-refractivity contribution in [1.82, 2.24) is 9.55 Å². The molecule has 1 aromatic heterocycles. The van der Waals surface area contributed by atoms with Crippen molar-refractivity contribution >= 4 is 23.0 Å². The second-order valence-corrected chi connectivity index (χ2v) is 6.07. The number of carbonyl (C=O) groups is 1. The Kier molecular flexibility index (Phi) is 4.54. The number of imidazole rings is 1. The molecule has 0 saturated heterocycles. The largest absolute Gasteiger partial charge is 0.497 e. The summed E-state index contributed by atoms with van der Waals surface area (Å²) in [5.41, 5.74) is 3.41. The molecule has 0 N–H and O–H groups in total. The fourth-order valence-electron chi connectivity index (χ4n) is 2.99. The summed E-state index contributed by atoms with van der Waals surface area (Å²) in [6.07, 6.45) is 3.37. The van der Waals surface area contributed by atoms with Gasteiger partial charge in [0.1, 0.15) is 11.6 Å². The SMILES string of the molecule is COc1ccc(C=CC(=O)n2c(-c3ccccc3)nc3ccccc32)cc1. The lowest BCUT2D eigenvalue weighted by molar-refractivity contribution is 0.0976. The number of benzene rings is 3. The zero-order valence-electron chi connectivity index (χ0n) is 14.9. The first-order valence-corrected chi connectivity index (χ1v) is 8.65. The molecule has 27 heavy (non-hydrogen) atoms. The first-order valence-electron chi connectivity index (χ1n) is 8.65. The van der Waals surface area contributed by atoms with Crippen LogP contribution in [0, 0.1) is 0 Å². The summed E-state index contributed by atoms with van der Waals surface area (Å²) in [4.78, 5) is 17.7. The minimum Gasteiger partial charge on any atom is -0.497 e. The third kappa shape index (κ3) is 3.37. The molecule has 0 amide bonds. The van der Waals surface area contributed by atoms with Gasteiger partial charge < -0.3 is 4.74 Å². The molecule has 0 saturated carbocycles. The van der Waals surface area contributed by atoms with Gasteiger partial charge in [0.25, 0.3) is 5.91 Å². The van der Waals surface area contributed by atoms with Gasteiger partial charge in [0.05, 0.1) is 18.1 Å². The highest BCUT2D eigenvalue weighted by molar-refractivity contribution is 6.02. The van der Waals surface area contributed by atoms with Gasteiger partial charge in [0.2, 0.25) is 0 Å². The van der Waals surface area contributed by atoms with Crippen molar-refractivity contribution in [2.45, 2.75) is 0 Å². The Morgan fingerprint density at radius 3 is 2.37 bits per heavy atom. The second-order valence-electron chi connectivity index (χ2n) is 6.07. The molecule has 0 spiro atoms. The Balaban J connectivity index is 1.75. The van der Waals surface area contributed by atoms with Crippen molar-refractivity contribution in [1.29, 1.82) is 0 Å². The predicted molar refractivity (Wildman–Crippen MR) is 108 cm³/mol. The number of hydrogen-bond acceptors (Lipinski definition) is 3. The minimum absolute atomic E-state index is 0.140. The summed E-state index contributed by atoms with van der Waals surface area (Å²) in [5, 5.41) is 0. The summed E-state index contributed by atoms with van der Waals surface area (Å²) < 4.78 is 6.82. The van der Waals surface area contributed by atoms with E-state index in [2.05, 4.69) is 4.98 Å². The highest BCUT2D eigenvalue weighted by Crippen LogP contribution is 2.25. The average Bonchev–Trinajstić information content (AvgIpc) is 3.13. The number of aromatic nitrogens is 2. The molecule has 0 radical (unpaired) electrons. The van der Waals surface area contributed by atoms with Gasteiger partial charge in [-0.2, -0.15) is 0 Å². The molecular formula is C23H18N2O2. The standard InChI is InChI=1S/C23H18N2O2/c1-27-19-14-11-17(12-15-19)13-16-22(26)25-21-10-6-5-9-20(21)24-23(25)18-7-3-2-4-8-18/h2-16H,1H3. The second kappa shape index (κ2) is 7.30. The van der Waals surface area contributed by atoms with E-state index >= 15 is 0 Å². The van der Waals surface area contributed by atoms with Crippen LogP contribution < -0.4 is 4.74 Å². The van der Waals surface area contributed by atoms with Crippen LogP contribution in [0.4, 0.5) is 0 Å².